The van der Waals surface area contributed by atoms with Gasteiger partial charge in [0.2, 0.25) is 5.91 Å². The Kier molecular flexibility index (Phi) is 6.28. The van der Waals surface area contributed by atoms with E-state index in [4.69, 9.17) is 16.3 Å². The molecule has 0 bridgehead atoms. The highest BCUT2D eigenvalue weighted by atomic mass is 35.5. The summed E-state index contributed by atoms with van der Waals surface area (Å²) in [7, 11) is 1.45. The van der Waals surface area contributed by atoms with Gasteiger partial charge in [0.25, 0.3) is 5.91 Å². The summed E-state index contributed by atoms with van der Waals surface area (Å²) in [5.41, 5.74) is 2.70. The van der Waals surface area contributed by atoms with E-state index in [2.05, 4.69) is 15.7 Å². The maximum atomic E-state index is 12.8. The maximum absolute atomic E-state index is 12.8. The fourth-order valence-electron chi connectivity index (χ4n) is 2.89. The molecule has 0 aliphatic carbocycles. The largest absolute Gasteiger partial charge is 0.375 e. The molecule has 3 aromatic rings. The predicted octanol–water partition coefficient (Wildman–Crippen LogP) is 3.22. The van der Waals surface area contributed by atoms with Crippen molar-refractivity contribution >= 4 is 40.0 Å². The molecule has 3 rings (SSSR count). The second-order valence-electron chi connectivity index (χ2n) is 6.18. The number of carbonyl (C=O) groups excluding carboxylic acids is 2. The van der Waals surface area contributed by atoms with E-state index < -0.39 is 0 Å². The summed E-state index contributed by atoms with van der Waals surface area (Å²) < 4.78 is 6.64. The molecular formula is C20H21ClN4O3. The van der Waals surface area contributed by atoms with Crippen LogP contribution in [-0.2, 0) is 22.6 Å². The number of rotatable bonds is 7. The Hall–Kier alpha value is -2.90. The second kappa shape index (κ2) is 8.86. The van der Waals surface area contributed by atoms with Gasteiger partial charge in [0, 0.05) is 25.6 Å². The Morgan fingerprint density at radius 3 is 2.82 bits per heavy atom. The molecule has 8 heteroatoms. The summed E-state index contributed by atoms with van der Waals surface area (Å²) in [6.45, 7) is 3.01. The van der Waals surface area contributed by atoms with Crippen molar-refractivity contribution in [3.8, 4) is 0 Å². The molecular weight excluding hydrogens is 380 g/mol. The molecule has 1 aromatic heterocycles. The SMILES string of the molecule is CCn1ncc2c(NC(=O)c3cc(CNC(=O)COC)ccc3Cl)cccc21. The van der Waals surface area contributed by atoms with E-state index in [0.29, 0.717) is 16.3 Å². The first kappa shape index (κ1) is 19.9. The van der Waals surface area contributed by atoms with Crippen LogP contribution in [-0.4, -0.2) is 35.3 Å². The standard InChI is InChI=1S/C20H21ClN4O3/c1-3-25-18-6-4-5-17(15(18)11-23-25)24-20(27)14-9-13(7-8-16(14)21)10-22-19(26)12-28-2/h4-9,11H,3,10,12H2,1-2H3,(H,22,26)(H,24,27). The zero-order valence-corrected chi connectivity index (χ0v) is 16.4. The number of benzene rings is 2. The number of fused-ring (bicyclic) bond motifs is 1. The van der Waals surface area contributed by atoms with Crippen LogP contribution in [0.5, 0.6) is 0 Å². The van der Waals surface area contributed by atoms with Gasteiger partial charge in [-0.25, -0.2) is 0 Å². The molecule has 0 unspecified atom stereocenters. The molecule has 0 saturated carbocycles. The number of aromatic nitrogens is 2. The van der Waals surface area contributed by atoms with E-state index >= 15 is 0 Å². The lowest BCUT2D eigenvalue weighted by molar-refractivity contribution is -0.124. The normalized spacial score (nSPS) is 10.8. The average molecular weight is 401 g/mol. The predicted molar refractivity (Wildman–Crippen MR) is 109 cm³/mol. The second-order valence-corrected chi connectivity index (χ2v) is 6.58. The summed E-state index contributed by atoms with van der Waals surface area (Å²) in [5.74, 6) is -0.560. The van der Waals surface area contributed by atoms with Crippen molar-refractivity contribution in [2.24, 2.45) is 0 Å². The van der Waals surface area contributed by atoms with Gasteiger partial charge < -0.3 is 15.4 Å². The fraction of sp³-hybridized carbons (Fsp3) is 0.250. The van der Waals surface area contributed by atoms with Crippen LogP contribution in [0, 0.1) is 0 Å². The van der Waals surface area contributed by atoms with Gasteiger partial charge >= 0.3 is 0 Å². The molecule has 2 aromatic carbocycles. The molecule has 2 N–H and O–H groups in total. The van der Waals surface area contributed by atoms with Crippen molar-refractivity contribution in [2.75, 3.05) is 19.0 Å². The lowest BCUT2D eigenvalue weighted by Gasteiger charge is -2.11. The van der Waals surface area contributed by atoms with E-state index in [9.17, 15) is 9.59 Å². The van der Waals surface area contributed by atoms with Crippen molar-refractivity contribution in [1.29, 1.82) is 0 Å². The fourth-order valence-corrected chi connectivity index (χ4v) is 3.10. The van der Waals surface area contributed by atoms with Crippen LogP contribution in [0.15, 0.2) is 42.6 Å². The highest BCUT2D eigenvalue weighted by Gasteiger charge is 2.14. The Bertz CT molecular complexity index is 1020. The third-order valence-corrected chi connectivity index (χ3v) is 4.61. The molecule has 2 amide bonds. The highest BCUT2D eigenvalue weighted by molar-refractivity contribution is 6.34. The van der Waals surface area contributed by atoms with E-state index in [0.717, 1.165) is 23.0 Å². The third kappa shape index (κ3) is 4.32. The lowest BCUT2D eigenvalue weighted by atomic mass is 10.1. The molecule has 146 valence electrons. The molecule has 0 aliphatic rings. The highest BCUT2D eigenvalue weighted by Crippen LogP contribution is 2.25. The van der Waals surface area contributed by atoms with Crippen LogP contribution in [0.3, 0.4) is 0 Å². The first-order valence-corrected chi connectivity index (χ1v) is 9.21. The average Bonchev–Trinajstić information content (AvgIpc) is 3.11. The molecule has 0 aliphatic heterocycles. The number of carbonyl (C=O) groups is 2. The van der Waals surface area contributed by atoms with Gasteiger partial charge in [-0.2, -0.15) is 5.10 Å². The van der Waals surface area contributed by atoms with Crippen molar-refractivity contribution in [3.05, 3.63) is 58.7 Å². The Morgan fingerprint density at radius 2 is 2.07 bits per heavy atom. The Balaban J connectivity index is 1.80. The molecule has 0 saturated heterocycles. The zero-order valence-electron chi connectivity index (χ0n) is 15.7. The van der Waals surface area contributed by atoms with Crippen molar-refractivity contribution in [1.82, 2.24) is 15.1 Å². The van der Waals surface area contributed by atoms with Crippen LogP contribution in [0.25, 0.3) is 10.9 Å². The molecule has 0 atom stereocenters. The maximum Gasteiger partial charge on any atom is 0.257 e. The van der Waals surface area contributed by atoms with Crippen LogP contribution in [0.2, 0.25) is 5.02 Å². The van der Waals surface area contributed by atoms with Gasteiger partial charge in [0.1, 0.15) is 6.61 Å². The number of halogens is 1. The summed E-state index contributed by atoms with van der Waals surface area (Å²) in [5, 5.41) is 11.1. The minimum absolute atomic E-state index is 0.0175. The minimum Gasteiger partial charge on any atom is -0.375 e. The summed E-state index contributed by atoms with van der Waals surface area (Å²) in [4.78, 5) is 24.4. The van der Waals surface area contributed by atoms with Crippen LogP contribution in [0.1, 0.15) is 22.8 Å². The van der Waals surface area contributed by atoms with Gasteiger partial charge in [-0.05, 0) is 36.8 Å². The number of nitrogens with one attached hydrogen (secondary N) is 2. The van der Waals surface area contributed by atoms with Crippen LogP contribution in [0.4, 0.5) is 5.69 Å². The quantitative estimate of drug-likeness (QED) is 0.637. The number of anilines is 1. The summed E-state index contributed by atoms with van der Waals surface area (Å²) in [6, 6.07) is 10.7. The summed E-state index contributed by atoms with van der Waals surface area (Å²) in [6.07, 6.45) is 1.73. The smallest absolute Gasteiger partial charge is 0.257 e. The van der Waals surface area contributed by atoms with Gasteiger partial charge in [0.05, 0.1) is 28.0 Å². The zero-order chi connectivity index (χ0) is 20.1. The molecule has 0 radical (unpaired) electrons. The van der Waals surface area contributed by atoms with E-state index in [1.807, 2.05) is 29.8 Å². The monoisotopic (exact) mass is 400 g/mol. The number of methoxy groups -OCH3 is 1. The van der Waals surface area contributed by atoms with Crippen molar-refractivity contribution in [2.45, 2.75) is 20.0 Å². The molecule has 28 heavy (non-hydrogen) atoms. The number of nitrogens with zero attached hydrogens (tertiary/aromatic N) is 2. The first-order chi connectivity index (χ1) is 13.5. The molecule has 0 spiro atoms. The van der Waals surface area contributed by atoms with Gasteiger partial charge in [-0.15, -0.1) is 0 Å². The molecule has 1 heterocycles. The number of hydrogen-bond donors (Lipinski definition) is 2. The van der Waals surface area contributed by atoms with Crippen LogP contribution >= 0.6 is 11.6 Å². The summed E-state index contributed by atoms with van der Waals surface area (Å²) >= 11 is 6.23. The first-order valence-electron chi connectivity index (χ1n) is 8.83. The number of amides is 2. The Morgan fingerprint density at radius 1 is 1.25 bits per heavy atom. The van der Waals surface area contributed by atoms with Crippen molar-refractivity contribution < 1.29 is 14.3 Å². The van der Waals surface area contributed by atoms with E-state index in [1.165, 1.54) is 7.11 Å². The number of hydrogen-bond acceptors (Lipinski definition) is 4. The number of aryl methyl sites for hydroxylation is 1. The van der Waals surface area contributed by atoms with Crippen molar-refractivity contribution in [3.63, 3.8) is 0 Å². The van der Waals surface area contributed by atoms with E-state index in [-0.39, 0.29) is 25.0 Å². The Labute approximate surface area is 167 Å². The van der Waals surface area contributed by atoms with Crippen LogP contribution < -0.4 is 10.6 Å². The van der Waals surface area contributed by atoms with Gasteiger partial charge in [-0.3, -0.25) is 14.3 Å². The van der Waals surface area contributed by atoms with Gasteiger partial charge in [-0.1, -0.05) is 23.7 Å². The molecule has 0 fully saturated rings. The topological polar surface area (TPSA) is 85.3 Å². The number of ether oxygens (including phenoxy) is 1. The molecule has 7 nitrogen and oxygen atoms in total. The van der Waals surface area contributed by atoms with Gasteiger partial charge in [0.15, 0.2) is 0 Å². The van der Waals surface area contributed by atoms with E-state index in [1.54, 1.807) is 24.4 Å². The minimum atomic E-state index is -0.327. The lowest BCUT2D eigenvalue weighted by Crippen LogP contribution is -2.26. The third-order valence-electron chi connectivity index (χ3n) is 4.28.